The lowest BCUT2D eigenvalue weighted by atomic mass is 10.3. The summed E-state index contributed by atoms with van der Waals surface area (Å²) in [5, 5.41) is 0. The molecule has 0 saturated heterocycles. The highest BCUT2D eigenvalue weighted by Crippen LogP contribution is 2.11. The Hall–Kier alpha value is -2.30. The summed E-state index contributed by atoms with van der Waals surface area (Å²) in [7, 11) is 1.67. The van der Waals surface area contributed by atoms with Crippen molar-refractivity contribution in [2.75, 3.05) is 13.7 Å². The number of ether oxygens (including phenoxy) is 1. The molecule has 0 fully saturated rings. The molecular formula is C14H14FNO3. The zero-order valence-corrected chi connectivity index (χ0v) is 10.5. The van der Waals surface area contributed by atoms with E-state index < -0.39 is 0 Å². The van der Waals surface area contributed by atoms with E-state index in [0.717, 1.165) is 0 Å². The highest BCUT2D eigenvalue weighted by molar-refractivity contribution is 5.77. The Labute approximate surface area is 110 Å². The highest BCUT2D eigenvalue weighted by Gasteiger charge is 2.11. The summed E-state index contributed by atoms with van der Waals surface area (Å²) < 4.78 is 23.1. The minimum atomic E-state index is -0.339. The van der Waals surface area contributed by atoms with Gasteiger partial charge < -0.3 is 14.1 Å². The van der Waals surface area contributed by atoms with Gasteiger partial charge in [-0.2, -0.15) is 0 Å². The number of likely N-dealkylation sites (N-methyl/N-ethyl adjacent to an activating group) is 1. The zero-order chi connectivity index (χ0) is 13.7. The number of rotatable bonds is 5. The second kappa shape index (κ2) is 6.04. The molecule has 1 heterocycles. The first-order valence-corrected chi connectivity index (χ1v) is 5.80. The Morgan fingerprint density at radius 1 is 1.32 bits per heavy atom. The lowest BCUT2D eigenvalue weighted by Gasteiger charge is -2.16. The lowest BCUT2D eigenvalue weighted by molar-refractivity contribution is -0.132. The second-order valence-corrected chi connectivity index (χ2v) is 4.07. The Morgan fingerprint density at radius 2 is 2.05 bits per heavy atom. The first-order chi connectivity index (χ1) is 9.15. The normalized spacial score (nSPS) is 10.2. The summed E-state index contributed by atoms with van der Waals surface area (Å²) in [4.78, 5) is 13.3. The van der Waals surface area contributed by atoms with Gasteiger partial charge in [0, 0.05) is 7.05 Å². The van der Waals surface area contributed by atoms with Gasteiger partial charge in [-0.1, -0.05) is 0 Å². The molecule has 0 aliphatic heterocycles. The van der Waals surface area contributed by atoms with Gasteiger partial charge in [0.25, 0.3) is 5.91 Å². The van der Waals surface area contributed by atoms with Crippen molar-refractivity contribution >= 4 is 5.91 Å². The molecule has 0 radical (unpaired) electrons. The van der Waals surface area contributed by atoms with E-state index >= 15 is 0 Å². The average molecular weight is 263 g/mol. The summed E-state index contributed by atoms with van der Waals surface area (Å²) in [6, 6.07) is 9.09. The summed E-state index contributed by atoms with van der Waals surface area (Å²) in [6.45, 7) is 0.293. The molecule has 0 bridgehead atoms. The van der Waals surface area contributed by atoms with Crippen molar-refractivity contribution in [1.82, 2.24) is 4.90 Å². The maximum atomic E-state index is 12.7. The predicted molar refractivity (Wildman–Crippen MR) is 67.1 cm³/mol. The minimum absolute atomic E-state index is 0.0944. The quantitative estimate of drug-likeness (QED) is 0.832. The third kappa shape index (κ3) is 3.84. The highest BCUT2D eigenvalue weighted by atomic mass is 19.1. The molecule has 100 valence electrons. The molecule has 4 nitrogen and oxygen atoms in total. The van der Waals surface area contributed by atoms with Gasteiger partial charge in [0.1, 0.15) is 17.3 Å². The van der Waals surface area contributed by atoms with E-state index in [9.17, 15) is 9.18 Å². The molecule has 5 heteroatoms. The minimum Gasteiger partial charge on any atom is -0.484 e. The van der Waals surface area contributed by atoms with Crippen LogP contribution in [0.4, 0.5) is 4.39 Å². The first kappa shape index (κ1) is 13.1. The van der Waals surface area contributed by atoms with E-state index in [4.69, 9.17) is 9.15 Å². The SMILES string of the molecule is CN(Cc1ccco1)C(=O)COc1ccc(F)cc1. The molecule has 0 aliphatic carbocycles. The van der Waals surface area contributed by atoms with E-state index in [1.807, 2.05) is 0 Å². The predicted octanol–water partition coefficient (Wildman–Crippen LogP) is 2.46. The average Bonchev–Trinajstić information content (AvgIpc) is 2.90. The van der Waals surface area contributed by atoms with E-state index in [2.05, 4.69) is 0 Å². The smallest absolute Gasteiger partial charge is 0.260 e. The van der Waals surface area contributed by atoms with Crippen molar-refractivity contribution < 1.29 is 18.3 Å². The molecule has 0 N–H and O–H groups in total. The van der Waals surface area contributed by atoms with E-state index in [1.54, 1.807) is 25.4 Å². The Kier molecular flexibility index (Phi) is 4.18. The van der Waals surface area contributed by atoms with Crippen LogP contribution in [0.3, 0.4) is 0 Å². The standard InChI is InChI=1S/C14H14FNO3/c1-16(9-13-3-2-8-18-13)14(17)10-19-12-6-4-11(15)5-7-12/h2-8H,9-10H2,1H3. The van der Waals surface area contributed by atoms with Crippen LogP contribution in [0, 0.1) is 5.82 Å². The van der Waals surface area contributed by atoms with E-state index in [-0.39, 0.29) is 18.3 Å². The monoisotopic (exact) mass is 263 g/mol. The third-order valence-electron chi connectivity index (χ3n) is 2.57. The fourth-order valence-corrected chi connectivity index (χ4v) is 1.51. The Balaban J connectivity index is 1.82. The Bertz CT molecular complexity index is 522. The summed E-state index contributed by atoms with van der Waals surface area (Å²) in [5.41, 5.74) is 0. The van der Waals surface area contributed by atoms with E-state index in [0.29, 0.717) is 18.1 Å². The van der Waals surface area contributed by atoms with Crippen LogP contribution in [0.5, 0.6) is 5.75 Å². The van der Waals surface area contributed by atoms with Crippen molar-refractivity contribution in [3.05, 3.63) is 54.2 Å². The number of amides is 1. The van der Waals surface area contributed by atoms with Crippen LogP contribution in [-0.2, 0) is 11.3 Å². The molecule has 0 unspecified atom stereocenters. The molecule has 2 rings (SSSR count). The maximum absolute atomic E-state index is 12.7. The number of carbonyl (C=O) groups is 1. The van der Waals surface area contributed by atoms with Gasteiger partial charge >= 0.3 is 0 Å². The van der Waals surface area contributed by atoms with Gasteiger partial charge in [0.15, 0.2) is 6.61 Å². The van der Waals surface area contributed by atoms with Gasteiger partial charge in [-0.3, -0.25) is 4.79 Å². The molecule has 0 saturated carbocycles. The van der Waals surface area contributed by atoms with Crippen molar-refractivity contribution in [3.63, 3.8) is 0 Å². The van der Waals surface area contributed by atoms with Gasteiger partial charge in [-0.05, 0) is 36.4 Å². The summed E-state index contributed by atoms with van der Waals surface area (Å²) in [6.07, 6.45) is 1.56. The molecule has 0 atom stereocenters. The molecule has 0 aliphatic rings. The molecule has 1 amide bonds. The first-order valence-electron chi connectivity index (χ1n) is 5.80. The van der Waals surface area contributed by atoms with Crippen molar-refractivity contribution in [3.8, 4) is 5.75 Å². The van der Waals surface area contributed by atoms with Crippen LogP contribution in [0.15, 0.2) is 47.1 Å². The number of furan rings is 1. The summed E-state index contributed by atoms with van der Waals surface area (Å²) in [5.74, 6) is 0.646. The number of hydrogen-bond donors (Lipinski definition) is 0. The van der Waals surface area contributed by atoms with Crippen LogP contribution in [0.1, 0.15) is 5.76 Å². The van der Waals surface area contributed by atoms with Crippen molar-refractivity contribution in [2.24, 2.45) is 0 Å². The number of halogens is 1. The van der Waals surface area contributed by atoms with Crippen LogP contribution < -0.4 is 4.74 Å². The molecule has 19 heavy (non-hydrogen) atoms. The van der Waals surface area contributed by atoms with Gasteiger partial charge in [-0.15, -0.1) is 0 Å². The fourth-order valence-electron chi connectivity index (χ4n) is 1.51. The summed E-state index contributed by atoms with van der Waals surface area (Å²) >= 11 is 0. The Morgan fingerprint density at radius 3 is 2.68 bits per heavy atom. The molecule has 0 spiro atoms. The van der Waals surface area contributed by atoms with Gasteiger partial charge in [0.05, 0.1) is 12.8 Å². The third-order valence-corrected chi connectivity index (χ3v) is 2.57. The number of hydrogen-bond acceptors (Lipinski definition) is 3. The topological polar surface area (TPSA) is 42.7 Å². The number of benzene rings is 1. The molecule has 1 aromatic carbocycles. The van der Waals surface area contributed by atoms with Gasteiger partial charge in [0.2, 0.25) is 0 Å². The fraction of sp³-hybridized carbons (Fsp3) is 0.214. The van der Waals surface area contributed by atoms with Crippen LogP contribution in [0.25, 0.3) is 0 Å². The lowest BCUT2D eigenvalue weighted by Crippen LogP contribution is -2.30. The molecule has 1 aromatic heterocycles. The maximum Gasteiger partial charge on any atom is 0.260 e. The van der Waals surface area contributed by atoms with Crippen molar-refractivity contribution in [2.45, 2.75) is 6.54 Å². The largest absolute Gasteiger partial charge is 0.484 e. The number of nitrogens with zero attached hydrogens (tertiary/aromatic N) is 1. The van der Waals surface area contributed by atoms with Gasteiger partial charge in [-0.25, -0.2) is 4.39 Å². The van der Waals surface area contributed by atoms with Crippen LogP contribution in [0.2, 0.25) is 0 Å². The molecular weight excluding hydrogens is 249 g/mol. The zero-order valence-electron chi connectivity index (χ0n) is 10.5. The van der Waals surface area contributed by atoms with E-state index in [1.165, 1.54) is 29.2 Å². The van der Waals surface area contributed by atoms with Crippen molar-refractivity contribution in [1.29, 1.82) is 0 Å². The van der Waals surface area contributed by atoms with Crippen LogP contribution >= 0.6 is 0 Å². The van der Waals surface area contributed by atoms with Crippen LogP contribution in [-0.4, -0.2) is 24.5 Å². The number of carbonyl (C=O) groups excluding carboxylic acids is 1. The second-order valence-electron chi connectivity index (χ2n) is 4.07. The molecule has 2 aromatic rings.